The minimum Gasteiger partial charge on any atom is -0.332 e. The number of hydrogen-bond acceptors (Lipinski definition) is 2. The molecule has 0 bridgehead atoms. The molecule has 156 valence electrons. The molecule has 2 aromatic carbocycles. The minimum atomic E-state index is -4.68. The van der Waals surface area contributed by atoms with Crippen molar-refractivity contribution in [1.82, 2.24) is 9.47 Å². The van der Waals surface area contributed by atoms with Crippen LogP contribution in [0.2, 0.25) is 5.02 Å². The number of alkyl halides is 3. The normalized spacial score (nSPS) is 11.3. The molecule has 3 rings (SSSR count). The second-order valence-corrected chi connectivity index (χ2v) is 7.14. The summed E-state index contributed by atoms with van der Waals surface area (Å²) >= 11 is 5.69. The monoisotopic (exact) mass is 434 g/mol. The van der Waals surface area contributed by atoms with Crippen LogP contribution in [0.1, 0.15) is 16.7 Å². The van der Waals surface area contributed by atoms with E-state index in [0.717, 1.165) is 11.1 Å². The molecule has 3 aromatic rings. The molecule has 0 atom stereocenters. The van der Waals surface area contributed by atoms with Crippen molar-refractivity contribution in [2.45, 2.75) is 25.8 Å². The third-order valence-electron chi connectivity index (χ3n) is 4.46. The van der Waals surface area contributed by atoms with Crippen LogP contribution in [-0.4, -0.2) is 15.4 Å². The number of benzene rings is 2. The van der Waals surface area contributed by atoms with Gasteiger partial charge in [-0.15, -0.1) is 0 Å². The van der Waals surface area contributed by atoms with E-state index in [1.165, 1.54) is 4.90 Å². The Bertz CT molecular complexity index is 1030. The lowest BCUT2D eigenvalue weighted by Gasteiger charge is -2.24. The summed E-state index contributed by atoms with van der Waals surface area (Å²) in [5.74, 6) is -0.500. The van der Waals surface area contributed by atoms with Crippen LogP contribution in [0.3, 0.4) is 0 Å². The molecule has 1 heterocycles. The Morgan fingerprint density at radius 3 is 1.90 bits per heavy atom. The van der Waals surface area contributed by atoms with E-state index in [-0.39, 0.29) is 13.1 Å². The molecule has 0 aliphatic heterocycles. The number of carbonyl (C=O) groups is 1. The van der Waals surface area contributed by atoms with Crippen LogP contribution in [0, 0.1) is 0 Å². The van der Waals surface area contributed by atoms with Crippen LogP contribution in [0.5, 0.6) is 0 Å². The fourth-order valence-corrected chi connectivity index (χ4v) is 3.18. The van der Waals surface area contributed by atoms with Gasteiger partial charge in [0.2, 0.25) is 5.91 Å². The molecule has 1 amide bonds. The van der Waals surface area contributed by atoms with E-state index in [9.17, 15) is 22.8 Å². The lowest BCUT2D eigenvalue weighted by Crippen LogP contribution is -2.36. The zero-order valence-electron chi connectivity index (χ0n) is 15.8. The predicted molar refractivity (Wildman–Crippen MR) is 108 cm³/mol. The Kier molecular flexibility index (Phi) is 6.62. The van der Waals surface area contributed by atoms with Crippen molar-refractivity contribution in [3.05, 3.63) is 105 Å². The zero-order chi connectivity index (χ0) is 21.7. The first-order valence-corrected chi connectivity index (χ1v) is 9.44. The van der Waals surface area contributed by atoms with E-state index in [4.69, 9.17) is 11.6 Å². The Labute approximate surface area is 176 Å². The Morgan fingerprint density at radius 1 is 0.933 bits per heavy atom. The summed E-state index contributed by atoms with van der Waals surface area (Å²) in [4.78, 5) is 26.7. The van der Waals surface area contributed by atoms with E-state index < -0.39 is 34.8 Å². The fourth-order valence-electron chi connectivity index (χ4n) is 2.96. The van der Waals surface area contributed by atoms with E-state index in [0.29, 0.717) is 16.8 Å². The molecule has 0 saturated heterocycles. The third kappa shape index (κ3) is 5.51. The first-order chi connectivity index (χ1) is 14.2. The highest BCUT2D eigenvalue weighted by atomic mass is 35.5. The maximum atomic E-state index is 13.1. The lowest BCUT2D eigenvalue weighted by molar-refractivity contribution is -0.139. The van der Waals surface area contributed by atoms with Crippen molar-refractivity contribution in [3.8, 4) is 0 Å². The van der Waals surface area contributed by atoms with Gasteiger partial charge < -0.3 is 9.47 Å². The molecule has 0 unspecified atom stereocenters. The van der Waals surface area contributed by atoms with Crippen molar-refractivity contribution in [2.75, 3.05) is 0 Å². The minimum absolute atomic E-state index is 0.246. The standard InChI is InChI=1S/C22H18ClF3N2O2/c23-19-11-18(22(24,25)26)14-28(21(19)30)15-20(29)27(12-16-7-3-1-4-8-16)13-17-9-5-2-6-10-17/h1-11,14H,12-13,15H2. The van der Waals surface area contributed by atoms with Crippen LogP contribution >= 0.6 is 11.6 Å². The fraction of sp³-hybridized carbons (Fsp3) is 0.182. The van der Waals surface area contributed by atoms with Gasteiger partial charge in [0, 0.05) is 19.3 Å². The topological polar surface area (TPSA) is 42.3 Å². The number of rotatable bonds is 6. The second-order valence-electron chi connectivity index (χ2n) is 6.73. The molecule has 0 aliphatic rings. The van der Waals surface area contributed by atoms with Gasteiger partial charge in [0.05, 0.1) is 5.56 Å². The number of carbonyl (C=O) groups excluding carboxylic acids is 1. The summed E-state index contributed by atoms with van der Waals surface area (Å²) < 4.78 is 39.9. The van der Waals surface area contributed by atoms with Gasteiger partial charge in [0.25, 0.3) is 5.56 Å². The molecule has 0 fully saturated rings. The summed E-state index contributed by atoms with van der Waals surface area (Å²) in [6.07, 6.45) is -4.06. The number of pyridine rings is 1. The number of halogens is 4. The van der Waals surface area contributed by atoms with Gasteiger partial charge in [-0.1, -0.05) is 72.3 Å². The van der Waals surface area contributed by atoms with Crippen LogP contribution < -0.4 is 5.56 Å². The molecule has 0 N–H and O–H groups in total. The lowest BCUT2D eigenvalue weighted by atomic mass is 10.1. The number of amides is 1. The average Bonchev–Trinajstić information content (AvgIpc) is 2.71. The van der Waals surface area contributed by atoms with Gasteiger partial charge in [-0.2, -0.15) is 13.2 Å². The Balaban J connectivity index is 1.89. The van der Waals surface area contributed by atoms with Crippen LogP contribution in [0.4, 0.5) is 13.2 Å². The van der Waals surface area contributed by atoms with E-state index in [1.807, 2.05) is 60.7 Å². The molecule has 8 heteroatoms. The van der Waals surface area contributed by atoms with Crippen LogP contribution in [0.15, 0.2) is 77.7 Å². The molecule has 0 saturated carbocycles. The van der Waals surface area contributed by atoms with Crippen molar-refractivity contribution < 1.29 is 18.0 Å². The zero-order valence-corrected chi connectivity index (χ0v) is 16.5. The van der Waals surface area contributed by atoms with Gasteiger partial charge in [-0.25, -0.2) is 0 Å². The second kappa shape index (κ2) is 9.17. The van der Waals surface area contributed by atoms with Gasteiger partial charge in [0.15, 0.2) is 0 Å². The van der Waals surface area contributed by atoms with Gasteiger partial charge in [-0.05, 0) is 17.2 Å². The number of hydrogen-bond donors (Lipinski definition) is 0. The molecule has 30 heavy (non-hydrogen) atoms. The smallest absolute Gasteiger partial charge is 0.332 e. The van der Waals surface area contributed by atoms with Crippen LogP contribution in [0.25, 0.3) is 0 Å². The van der Waals surface area contributed by atoms with Gasteiger partial charge in [0.1, 0.15) is 11.6 Å². The molecule has 1 aromatic heterocycles. The Morgan fingerprint density at radius 2 is 1.43 bits per heavy atom. The Hall–Kier alpha value is -3.06. The molecule has 4 nitrogen and oxygen atoms in total. The first kappa shape index (κ1) is 21.6. The largest absolute Gasteiger partial charge is 0.417 e. The summed E-state index contributed by atoms with van der Waals surface area (Å²) in [5, 5.41) is -0.588. The molecular formula is C22H18ClF3N2O2. The third-order valence-corrected chi connectivity index (χ3v) is 4.73. The highest BCUT2D eigenvalue weighted by molar-refractivity contribution is 6.30. The highest BCUT2D eigenvalue weighted by Crippen LogP contribution is 2.29. The van der Waals surface area contributed by atoms with Crippen molar-refractivity contribution in [1.29, 1.82) is 0 Å². The molecular weight excluding hydrogens is 417 g/mol. The predicted octanol–water partition coefficient (Wildman–Crippen LogP) is 4.75. The first-order valence-electron chi connectivity index (χ1n) is 9.07. The maximum absolute atomic E-state index is 13.1. The summed E-state index contributed by atoms with van der Waals surface area (Å²) in [5.41, 5.74) is -0.220. The summed E-state index contributed by atoms with van der Waals surface area (Å²) in [6, 6.07) is 19.0. The number of nitrogens with zero attached hydrogens (tertiary/aromatic N) is 2. The van der Waals surface area contributed by atoms with Gasteiger partial charge >= 0.3 is 6.18 Å². The van der Waals surface area contributed by atoms with Crippen molar-refractivity contribution in [3.63, 3.8) is 0 Å². The van der Waals surface area contributed by atoms with E-state index in [2.05, 4.69) is 0 Å². The van der Waals surface area contributed by atoms with E-state index in [1.54, 1.807) is 0 Å². The maximum Gasteiger partial charge on any atom is 0.417 e. The molecule has 0 spiro atoms. The van der Waals surface area contributed by atoms with Crippen molar-refractivity contribution in [2.24, 2.45) is 0 Å². The molecule has 0 aliphatic carbocycles. The highest BCUT2D eigenvalue weighted by Gasteiger charge is 2.32. The average molecular weight is 435 g/mol. The van der Waals surface area contributed by atoms with Gasteiger partial charge in [-0.3, -0.25) is 9.59 Å². The molecule has 0 radical (unpaired) electrons. The van der Waals surface area contributed by atoms with Crippen LogP contribution in [-0.2, 0) is 30.6 Å². The summed E-state index contributed by atoms with van der Waals surface area (Å²) in [7, 11) is 0. The quantitative estimate of drug-likeness (QED) is 0.562. The number of aromatic nitrogens is 1. The van der Waals surface area contributed by atoms with E-state index >= 15 is 0 Å². The SMILES string of the molecule is O=C(Cn1cc(C(F)(F)F)cc(Cl)c1=O)N(Cc1ccccc1)Cc1ccccc1. The summed E-state index contributed by atoms with van der Waals surface area (Å²) in [6.45, 7) is -0.0613. The van der Waals surface area contributed by atoms with Crippen molar-refractivity contribution >= 4 is 17.5 Å².